The zero-order valence-corrected chi connectivity index (χ0v) is 8.56. The topological polar surface area (TPSA) is 59.5 Å². The van der Waals surface area contributed by atoms with E-state index in [4.69, 9.17) is 10.2 Å². The molecule has 4 heteroatoms. The van der Waals surface area contributed by atoms with Crippen molar-refractivity contribution < 1.29 is 9.21 Å². The van der Waals surface area contributed by atoms with Gasteiger partial charge in [-0.3, -0.25) is 4.79 Å². The number of carbonyl (C=O) groups is 1. The van der Waals surface area contributed by atoms with Crippen LogP contribution in [-0.2, 0) is 4.79 Å². The number of furan rings is 1. The smallest absolute Gasteiger partial charge is 0.222 e. The van der Waals surface area contributed by atoms with Crippen LogP contribution in [0.25, 0.3) is 0 Å². The Morgan fingerprint density at radius 3 is 2.79 bits per heavy atom. The Morgan fingerprint density at radius 1 is 1.64 bits per heavy atom. The van der Waals surface area contributed by atoms with E-state index in [2.05, 4.69) is 0 Å². The minimum atomic E-state index is -0.0140. The summed E-state index contributed by atoms with van der Waals surface area (Å²) in [6.07, 6.45) is 2.00. The summed E-state index contributed by atoms with van der Waals surface area (Å²) in [6.45, 7) is 0.424. The van der Waals surface area contributed by atoms with E-state index in [0.29, 0.717) is 13.0 Å². The maximum absolute atomic E-state index is 11.4. The molecule has 0 fully saturated rings. The first-order valence-corrected chi connectivity index (χ1v) is 4.58. The third-order valence-electron chi connectivity index (χ3n) is 2.15. The van der Waals surface area contributed by atoms with Gasteiger partial charge >= 0.3 is 0 Å². The Hall–Kier alpha value is -1.29. The molecule has 0 radical (unpaired) electrons. The normalized spacial score (nSPS) is 12.5. The fourth-order valence-electron chi connectivity index (χ4n) is 1.22. The van der Waals surface area contributed by atoms with Gasteiger partial charge in [-0.05, 0) is 12.1 Å². The number of hydrogen-bond acceptors (Lipinski definition) is 3. The van der Waals surface area contributed by atoms with Gasteiger partial charge < -0.3 is 15.1 Å². The van der Waals surface area contributed by atoms with Gasteiger partial charge in [0.15, 0.2) is 0 Å². The molecular formula is C10H16N2O2. The highest BCUT2D eigenvalue weighted by molar-refractivity contribution is 5.76. The molecule has 1 rings (SSSR count). The molecule has 0 spiro atoms. The number of amides is 1. The second-order valence-electron chi connectivity index (χ2n) is 3.44. The quantitative estimate of drug-likeness (QED) is 0.774. The Morgan fingerprint density at radius 2 is 2.36 bits per heavy atom. The summed E-state index contributed by atoms with van der Waals surface area (Å²) in [7, 11) is 3.47. The molecule has 0 aliphatic carbocycles. The van der Waals surface area contributed by atoms with Crippen LogP contribution in [0.1, 0.15) is 18.1 Å². The maximum Gasteiger partial charge on any atom is 0.222 e. The highest BCUT2D eigenvalue weighted by Crippen LogP contribution is 2.19. The molecular weight excluding hydrogens is 180 g/mol. The Kier molecular flexibility index (Phi) is 3.71. The zero-order valence-electron chi connectivity index (χ0n) is 8.56. The Labute approximate surface area is 83.7 Å². The van der Waals surface area contributed by atoms with Crippen molar-refractivity contribution in [2.24, 2.45) is 5.73 Å². The number of nitrogens with zero attached hydrogens (tertiary/aromatic N) is 1. The molecule has 1 aromatic heterocycles. The standard InChI is InChI=1S/C10H16N2O2/c1-12(2)10(13)6-8(7-11)9-4-3-5-14-9/h3-5,8H,6-7,11H2,1-2H3/t8-/m0/s1. The van der Waals surface area contributed by atoms with Crippen molar-refractivity contribution in [3.05, 3.63) is 24.2 Å². The largest absolute Gasteiger partial charge is 0.469 e. The molecule has 1 atom stereocenters. The SMILES string of the molecule is CN(C)C(=O)C[C@@H](CN)c1ccco1. The van der Waals surface area contributed by atoms with Crippen LogP contribution in [0.5, 0.6) is 0 Å². The molecule has 78 valence electrons. The van der Waals surface area contributed by atoms with E-state index in [-0.39, 0.29) is 11.8 Å². The lowest BCUT2D eigenvalue weighted by Crippen LogP contribution is -2.26. The summed E-state index contributed by atoms with van der Waals surface area (Å²) in [5, 5.41) is 0. The molecule has 0 aliphatic rings. The van der Waals surface area contributed by atoms with Crippen LogP contribution >= 0.6 is 0 Å². The lowest BCUT2D eigenvalue weighted by molar-refractivity contribution is -0.129. The van der Waals surface area contributed by atoms with Crippen LogP contribution in [-0.4, -0.2) is 31.4 Å². The average Bonchev–Trinajstić information content (AvgIpc) is 2.66. The maximum atomic E-state index is 11.4. The summed E-state index contributed by atoms with van der Waals surface area (Å²) >= 11 is 0. The summed E-state index contributed by atoms with van der Waals surface area (Å²) in [6, 6.07) is 3.65. The fraction of sp³-hybridized carbons (Fsp3) is 0.500. The Bertz CT molecular complexity index is 280. The van der Waals surface area contributed by atoms with E-state index in [0.717, 1.165) is 5.76 Å². The van der Waals surface area contributed by atoms with Gasteiger partial charge in [-0.15, -0.1) is 0 Å². The van der Waals surface area contributed by atoms with Gasteiger partial charge in [-0.1, -0.05) is 0 Å². The second-order valence-corrected chi connectivity index (χ2v) is 3.44. The third-order valence-corrected chi connectivity index (χ3v) is 2.15. The number of nitrogens with two attached hydrogens (primary N) is 1. The van der Waals surface area contributed by atoms with Crippen molar-refractivity contribution in [1.29, 1.82) is 0 Å². The lowest BCUT2D eigenvalue weighted by Gasteiger charge is -2.15. The molecule has 1 aromatic rings. The van der Waals surface area contributed by atoms with Gasteiger partial charge in [0.2, 0.25) is 5.91 Å². The first kappa shape index (κ1) is 10.8. The molecule has 0 unspecified atom stereocenters. The van der Waals surface area contributed by atoms with Crippen molar-refractivity contribution in [3.63, 3.8) is 0 Å². The van der Waals surface area contributed by atoms with Crippen LogP contribution in [0.2, 0.25) is 0 Å². The van der Waals surface area contributed by atoms with Crippen molar-refractivity contribution in [1.82, 2.24) is 4.90 Å². The molecule has 0 bridgehead atoms. The highest BCUT2D eigenvalue weighted by Gasteiger charge is 2.17. The molecule has 4 nitrogen and oxygen atoms in total. The monoisotopic (exact) mass is 196 g/mol. The zero-order chi connectivity index (χ0) is 10.6. The van der Waals surface area contributed by atoms with Crippen LogP contribution in [0, 0.1) is 0 Å². The van der Waals surface area contributed by atoms with Crippen LogP contribution in [0.15, 0.2) is 22.8 Å². The van der Waals surface area contributed by atoms with E-state index in [9.17, 15) is 4.79 Å². The highest BCUT2D eigenvalue weighted by atomic mass is 16.3. The van der Waals surface area contributed by atoms with Gasteiger partial charge in [0.05, 0.1) is 6.26 Å². The van der Waals surface area contributed by atoms with Crippen molar-refractivity contribution in [2.45, 2.75) is 12.3 Å². The van der Waals surface area contributed by atoms with Crippen molar-refractivity contribution >= 4 is 5.91 Å². The second kappa shape index (κ2) is 4.81. The number of rotatable bonds is 4. The fourth-order valence-corrected chi connectivity index (χ4v) is 1.22. The van der Waals surface area contributed by atoms with E-state index in [1.807, 2.05) is 6.07 Å². The number of hydrogen-bond donors (Lipinski definition) is 1. The van der Waals surface area contributed by atoms with Crippen LogP contribution < -0.4 is 5.73 Å². The molecule has 14 heavy (non-hydrogen) atoms. The van der Waals surface area contributed by atoms with Crippen molar-refractivity contribution in [3.8, 4) is 0 Å². The predicted octanol–water partition coefficient (Wildman–Crippen LogP) is 0.800. The minimum absolute atomic E-state index is 0.0140. The van der Waals surface area contributed by atoms with Crippen LogP contribution in [0.4, 0.5) is 0 Å². The third kappa shape index (κ3) is 2.60. The minimum Gasteiger partial charge on any atom is -0.469 e. The van der Waals surface area contributed by atoms with E-state index < -0.39 is 0 Å². The molecule has 0 saturated carbocycles. The van der Waals surface area contributed by atoms with Gasteiger partial charge in [-0.2, -0.15) is 0 Å². The first-order chi connectivity index (χ1) is 6.65. The first-order valence-electron chi connectivity index (χ1n) is 4.58. The van der Waals surface area contributed by atoms with Gasteiger partial charge in [0, 0.05) is 33.0 Å². The molecule has 1 amide bonds. The summed E-state index contributed by atoms with van der Waals surface area (Å²) < 4.78 is 5.22. The summed E-state index contributed by atoms with van der Waals surface area (Å²) in [4.78, 5) is 13.0. The van der Waals surface area contributed by atoms with Gasteiger partial charge in [0.1, 0.15) is 5.76 Å². The average molecular weight is 196 g/mol. The lowest BCUT2D eigenvalue weighted by atomic mass is 10.0. The number of carbonyl (C=O) groups excluding carboxylic acids is 1. The van der Waals surface area contributed by atoms with Crippen molar-refractivity contribution in [2.75, 3.05) is 20.6 Å². The molecule has 0 saturated heterocycles. The van der Waals surface area contributed by atoms with E-state index in [1.54, 1.807) is 31.3 Å². The summed E-state index contributed by atoms with van der Waals surface area (Å²) in [5.74, 6) is 0.833. The predicted molar refractivity (Wildman–Crippen MR) is 53.8 cm³/mol. The summed E-state index contributed by atoms with van der Waals surface area (Å²) in [5.41, 5.74) is 5.58. The van der Waals surface area contributed by atoms with Gasteiger partial charge in [0.25, 0.3) is 0 Å². The Balaban J connectivity index is 2.61. The molecule has 0 aromatic carbocycles. The van der Waals surface area contributed by atoms with Gasteiger partial charge in [-0.25, -0.2) is 0 Å². The van der Waals surface area contributed by atoms with Crippen LogP contribution in [0.3, 0.4) is 0 Å². The molecule has 2 N–H and O–H groups in total. The van der Waals surface area contributed by atoms with E-state index in [1.165, 1.54) is 0 Å². The van der Waals surface area contributed by atoms with E-state index >= 15 is 0 Å². The molecule has 0 aliphatic heterocycles. The molecule has 1 heterocycles.